The summed E-state index contributed by atoms with van der Waals surface area (Å²) >= 11 is 0. The number of aliphatic imine (C=N–C) groups is 1. The Morgan fingerprint density at radius 3 is 2.41 bits per heavy atom. The minimum atomic E-state index is 0.125. The van der Waals surface area contributed by atoms with Crippen LogP contribution in [0.5, 0.6) is 23.0 Å². The van der Waals surface area contributed by atoms with Crippen LogP contribution >= 0.6 is 0 Å². The van der Waals surface area contributed by atoms with Crippen molar-refractivity contribution in [1.82, 2.24) is 10.6 Å². The van der Waals surface area contributed by atoms with Gasteiger partial charge in [0.1, 0.15) is 11.5 Å². The fraction of sp³-hybridized carbons (Fsp3) is 0.350. The van der Waals surface area contributed by atoms with Gasteiger partial charge < -0.3 is 30.0 Å². The second kappa shape index (κ2) is 10.2. The van der Waals surface area contributed by atoms with Crippen LogP contribution in [0.4, 0.5) is 0 Å². The predicted octanol–water partition coefficient (Wildman–Crippen LogP) is 2.67. The molecule has 0 amide bonds. The molecule has 0 unspecified atom stereocenters. The van der Waals surface area contributed by atoms with E-state index in [0.29, 0.717) is 24.8 Å². The maximum Gasteiger partial charge on any atom is 0.191 e. The zero-order valence-corrected chi connectivity index (χ0v) is 16.2. The zero-order valence-electron chi connectivity index (χ0n) is 16.2. The summed E-state index contributed by atoms with van der Waals surface area (Å²) < 4.78 is 15.8. The monoisotopic (exact) mass is 373 g/mol. The summed E-state index contributed by atoms with van der Waals surface area (Å²) in [6.45, 7) is 3.56. The van der Waals surface area contributed by atoms with Crippen LogP contribution in [-0.4, -0.2) is 38.9 Å². The molecule has 0 bridgehead atoms. The molecule has 7 nitrogen and oxygen atoms in total. The third-order valence-electron chi connectivity index (χ3n) is 3.99. The number of guanidine groups is 1. The van der Waals surface area contributed by atoms with Crippen molar-refractivity contribution < 1.29 is 19.3 Å². The standard InChI is InChI=1S/C20H27N3O4/c1-5-21-20(23-13-15-7-6-8-17(26-3)19(15)24)22-12-14-9-10-16(25-2)11-18(14)27-4/h6-11,24H,5,12-13H2,1-4H3,(H2,21,22,23). The van der Waals surface area contributed by atoms with Crippen molar-refractivity contribution in [2.45, 2.75) is 20.0 Å². The van der Waals surface area contributed by atoms with Crippen LogP contribution in [0.15, 0.2) is 41.4 Å². The first-order valence-electron chi connectivity index (χ1n) is 8.70. The van der Waals surface area contributed by atoms with Gasteiger partial charge in [0, 0.05) is 30.3 Å². The van der Waals surface area contributed by atoms with Gasteiger partial charge in [-0.05, 0) is 25.1 Å². The topological polar surface area (TPSA) is 84.3 Å². The van der Waals surface area contributed by atoms with E-state index in [4.69, 9.17) is 14.2 Å². The summed E-state index contributed by atoms with van der Waals surface area (Å²) in [6.07, 6.45) is 0. The van der Waals surface area contributed by atoms with E-state index in [1.165, 1.54) is 7.11 Å². The van der Waals surface area contributed by atoms with Crippen LogP contribution in [0.3, 0.4) is 0 Å². The molecule has 0 saturated heterocycles. The molecule has 2 rings (SSSR count). The van der Waals surface area contributed by atoms with E-state index in [0.717, 1.165) is 29.2 Å². The summed E-state index contributed by atoms with van der Waals surface area (Å²) in [4.78, 5) is 4.60. The Morgan fingerprint density at radius 1 is 0.963 bits per heavy atom. The van der Waals surface area contributed by atoms with Crippen LogP contribution in [0.25, 0.3) is 0 Å². The lowest BCUT2D eigenvalue weighted by Crippen LogP contribution is -2.36. The number of nitrogens with zero attached hydrogens (tertiary/aromatic N) is 1. The number of nitrogens with one attached hydrogen (secondary N) is 2. The Hall–Kier alpha value is -3.09. The molecule has 0 spiro atoms. The highest BCUT2D eigenvalue weighted by Gasteiger charge is 2.09. The average Bonchev–Trinajstić information content (AvgIpc) is 2.70. The molecule has 0 aliphatic carbocycles. The van der Waals surface area contributed by atoms with Crippen molar-refractivity contribution in [1.29, 1.82) is 0 Å². The summed E-state index contributed by atoms with van der Waals surface area (Å²) in [5, 5.41) is 16.6. The number of phenols is 1. The van der Waals surface area contributed by atoms with E-state index in [-0.39, 0.29) is 5.75 Å². The number of para-hydroxylation sites is 1. The zero-order chi connectivity index (χ0) is 19.6. The fourth-order valence-corrected chi connectivity index (χ4v) is 2.54. The fourth-order valence-electron chi connectivity index (χ4n) is 2.54. The van der Waals surface area contributed by atoms with E-state index in [1.807, 2.05) is 37.3 Å². The van der Waals surface area contributed by atoms with Crippen molar-refractivity contribution >= 4 is 5.96 Å². The predicted molar refractivity (Wildman–Crippen MR) is 106 cm³/mol. The van der Waals surface area contributed by atoms with Gasteiger partial charge >= 0.3 is 0 Å². The molecule has 146 valence electrons. The molecular weight excluding hydrogens is 346 g/mol. The Kier molecular flexibility index (Phi) is 7.61. The molecular formula is C20H27N3O4. The van der Waals surface area contributed by atoms with Gasteiger partial charge in [-0.15, -0.1) is 0 Å². The average molecular weight is 373 g/mol. The van der Waals surface area contributed by atoms with E-state index in [2.05, 4.69) is 15.6 Å². The summed E-state index contributed by atoms with van der Waals surface area (Å²) in [7, 11) is 4.77. The number of ether oxygens (including phenoxy) is 3. The van der Waals surface area contributed by atoms with Crippen LogP contribution in [0.1, 0.15) is 18.1 Å². The molecule has 27 heavy (non-hydrogen) atoms. The van der Waals surface area contributed by atoms with Crippen LogP contribution in [-0.2, 0) is 13.1 Å². The number of aromatic hydroxyl groups is 1. The van der Waals surface area contributed by atoms with Gasteiger partial charge in [-0.3, -0.25) is 0 Å². The third kappa shape index (κ3) is 5.44. The SMILES string of the molecule is CCNC(=NCc1ccc(OC)cc1OC)NCc1cccc(OC)c1O. The minimum Gasteiger partial charge on any atom is -0.504 e. The summed E-state index contributed by atoms with van der Waals surface area (Å²) in [6, 6.07) is 11.0. The minimum absolute atomic E-state index is 0.125. The maximum atomic E-state index is 10.2. The number of rotatable bonds is 8. The van der Waals surface area contributed by atoms with Gasteiger partial charge in [0.05, 0.1) is 27.9 Å². The second-order valence-electron chi connectivity index (χ2n) is 5.69. The first kappa shape index (κ1) is 20.2. The van der Waals surface area contributed by atoms with E-state index < -0.39 is 0 Å². The summed E-state index contributed by atoms with van der Waals surface area (Å²) in [5.74, 6) is 2.66. The smallest absolute Gasteiger partial charge is 0.191 e. The van der Waals surface area contributed by atoms with Gasteiger partial charge in [-0.2, -0.15) is 0 Å². The molecule has 0 radical (unpaired) electrons. The number of phenolic OH excluding ortho intramolecular Hbond substituents is 1. The number of methoxy groups -OCH3 is 3. The molecule has 0 saturated carbocycles. The van der Waals surface area contributed by atoms with Gasteiger partial charge in [0.2, 0.25) is 0 Å². The number of hydrogen-bond acceptors (Lipinski definition) is 5. The van der Waals surface area contributed by atoms with Crippen LogP contribution < -0.4 is 24.8 Å². The summed E-state index contributed by atoms with van der Waals surface area (Å²) in [5.41, 5.74) is 1.67. The molecule has 0 atom stereocenters. The second-order valence-corrected chi connectivity index (χ2v) is 5.69. The first-order valence-corrected chi connectivity index (χ1v) is 8.70. The molecule has 0 aliphatic rings. The molecule has 0 fully saturated rings. The van der Waals surface area contributed by atoms with Crippen LogP contribution in [0, 0.1) is 0 Å². The molecule has 0 aliphatic heterocycles. The number of hydrogen-bond donors (Lipinski definition) is 3. The molecule has 2 aromatic rings. The van der Waals surface area contributed by atoms with E-state index in [9.17, 15) is 5.11 Å². The third-order valence-corrected chi connectivity index (χ3v) is 3.99. The van der Waals surface area contributed by atoms with Gasteiger partial charge in [-0.25, -0.2) is 4.99 Å². The van der Waals surface area contributed by atoms with Gasteiger partial charge in [-0.1, -0.05) is 12.1 Å². The van der Waals surface area contributed by atoms with Crippen LogP contribution in [0.2, 0.25) is 0 Å². The highest BCUT2D eigenvalue weighted by Crippen LogP contribution is 2.29. The molecule has 7 heteroatoms. The van der Waals surface area contributed by atoms with Crippen molar-refractivity contribution in [3.8, 4) is 23.0 Å². The van der Waals surface area contributed by atoms with Crippen molar-refractivity contribution in [2.75, 3.05) is 27.9 Å². The van der Waals surface area contributed by atoms with Crippen molar-refractivity contribution in [2.24, 2.45) is 4.99 Å². The largest absolute Gasteiger partial charge is 0.504 e. The molecule has 0 aromatic heterocycles. The quantitative estimate of drug-likeness (QED) is 0.487. The molecule has 2 aromatic carbocycles. The molecule has 3 N–H and O–H groups in total. The maximum absolute atomic E-state index is 10.2. The van der Waals surface area contributed by atoms with Crippen molar-refractivity contribution in [3.63, 3.8) is 0 Å². The lowest BCUT2D eigenvalue weighted by molar-refractivity contribution is 0.370. The Bertz CT molecular complexity index is 778. The van der Waals surface area contributed by atoms with Gasteiger partial charge in [0.15, 0.2) is 17.5 Å². The lowest BCUT2D eigenvalue weighted by Gasteiger charge is -2.14. The van der Waals surface area contributed by atoms with E-state index in [1.54, 1.807) is 20.3 Å². The highest BCUT2D eigenvalue weighted by atomic mass is 16.5. The molecule has 0 heterocycles. The lowest BCUT2D eigenvalue weighted by atomic mass is 10.2. The Morgan fingerprint density at radius 2 is 1.74 bits per heavy atom. The van der Waals surface area contributed by atoms with E-state index >= 15 is 0 Å². The first-order chi connectivity index (χ1) is 13.1. The van der Waals surface area contributed by atoms with Gasteiger partial charge in [0.25, 0.3) is 0 Å². The Balaban J connectivity index is 2.11. The van der Waals surface area contributed by atoms with Crippen molar-refractivity contribution in [3.05, 3.63) is 47.5 Å². The number of benzene rings is 2. The highest BCUT2D eigenvalue weighted by molar-refractivity contribution is 5.79. The Labute approximate surface area is 160 Å². The normalized spacial score (nSPS) is 11.0.